The van der Waals surface area contributed by atoms with E-state index in [0.717, 1.165) is 25.4 Å². The molecule has 2 nitrogen and oxygen atoms in total. The maximum Gasteiger partial charge on any atom is 0.0328 e. The van der Waals surface area contributed by atoms with Gasteiger partial charge in [-0.2, -0.15) is 0 Å². The molecule has 0 amide bonds. The molecule has 0 aliphatic heterocycles. The molecule has 2 unspecified atom stereocenters. The van der Waals surface area contributed by atoms with Crippen LogP contribution in [0.3, 0.4) is 0 Å². The largest absolute Gasteiger partial charge is 0.329 e. The SMILES string of the molecule is CCCN(C)C(CC)(CN)CC(C)CC. The first kappa shape index (κ1) is 14.9. The van der Waals surface area contributed by atoms with E-state index < -0.39 is 0 Å². The summed E-state index contributed by atoms with van der Waals surface area (Å²) in [5.74, 6) is 0.771. The monoisotopic (exact) mass is 214 g/mol. The molecule has 0 aromatic rings. The van der Waals surface area contributed by atoms with E-state index in [1.807, 2.05) is 0 Å². The predicted octanol–water partition coefficient (Wildman–Crippen LogP) is 2.87. The molecule has 0 fully saturated rings. The van der Waals surface area contributed by atoms with Gasteiger partial charge >= 0.3 is 0 Å². The molecule has 0 rings (SSSR count). The summed E-state index contributed by atoms with van der Waals surface area (Å²) in [6.45, 7) is 11.0. The van der Waals surface area contributed by atoms with Crippen molar-refractivity contribution in [1.82, 2.24) is 4.90 Å². The highest BCUT2D eigenvalue weighted by atomic mass is 15.2. The Bertz CT molecular complexity index is 153. The van der Waals surface area contributed by atoms with Gasteiger partial charge < -0.3 is 5.73 Å². The molecule has 0 bridgehead atoms. The summed E-state index contributed by atoms with van der Waals surface area (Å²) < 4.78 is 0. The minimum Gasteiger partial charge on any atom is -0.329 e. The second-order valence-electron chi connectivity index (χ2n) is 4.92. The van der Waals surface area contributed by atoms with Crippen LogP contribution in [0.5, 0.6) is 0 Å². The molecule has 2 atom stereocenters. The molecule has 0 saturated heterocycles. The van der Waals surface area contributed by atoms with Crippen LogP contribution in [-0.2, 0) is 0 Å². The zero-order chi connectivity index (χ0) is 11.9. The summed E-state index contributed by atoms with van der Waals surface area (Å²) in [6, 6.07) is 0. The second-order valence-corrected chi connectivity index (χ2v) is 4.92. The standard InChI is InChI=1S/C13H30N2/c1-6-9-15(5)13(8-3,11-14)10-12(4)7-2/h12H,6-11,14H2,1-5H3. The zero-order valence-electron chi connectivity index (χ0n) is 11.3. The minimum atomic E-state index is 0.228. The van der Waals surface area contributed by atoms with Crippen LogP contribution in [0.25, 0.3) is 0 Å². The van der Waals surface area contributed by atoms with Crippen LogP contribution in [0.2, 0.25) is 0 Å². The first-order valence-electron chi connectivity index (χ1n) is 6.47. The van der Waals surface area contributed by atoms with Crippen molar-refractivity contribution in [3.63, 3.8) is 0 Å². The summed E-state index contributed by atoms with van der Waals surface area (Å²) in [7, 11) is 2.22. The van der Waals surface area contributed by atoms with Crippen molar-refractivity contribution in [2.75, 3.05) is 20.1 Å². The van der Waals surface area contributed by atoms with Crippen LogP contribution in [0.4, 0.5) is 0 Å². The molecular weight excluding hydrogens is 184 g/mol. The fourth-order valence-electron chi connectivity index (χ4n) is 2.32. The van der Waals surface area contributed by atoms with E-state index in [2.05, 4.69) is 39.6 Å². The number of nitrogens with two attached hydrogens (primary N) is 1. The summed E-state index contributed by atoms with van der Waals surface area (Å²) >= 11 is 0. The van der Waals surface area contributed by atoms with Crippen LogP contribution >= 0.6 is 0 Å². The number of nitrogens with zero attached hydrogens (tertiary/aromatic N) is 1. The van der Waals surface area contributed by atoms with Crippen molar-refractivity contribution >= 4 is 0 Å². The van der Waals surface area contributed by atoms with E-state index in [1.165, 1.54) is 19.3 Å². The van der Waals surface area contributed by atoms with Gasteiger partial charge in [-0.3, -0.25) is 4.90 Å². The van der Waals surface area contributed by atoms with Gasteiger partial charge in [-0.1, -0.05) is 34.1 Å². The summed E-state index contributed by atoms with van der Waals surface area (Å²) in [5, 5.41) is 0. The molecule has 0 aliphatic rings. The van der Waals surface area contributed by atoms with Crippen molar-refractivity contribution in [3.8, 4) is 0 Å². The van der Waals surface area contributed by atoms with Crippen molar-refractivity contribution < 1.29 is 0 Å². The molecule has 0 saturated carbocycles. The predicted molar refractivity (Wildman–Crippen MR) is 69.1 cm³/mol. The molecule has 2 N–H and O–H groups in total. The first-order chi connectivity index (χ1) is 7.06. The normalized spacial score (nSPS) is 17.8. The molecule has 92 valence electrons. The third-order valence-corrected chi connectivity index (χ3v) is 3.83. The quantitative estimate of drug-likeness (QED) is 0.673. The Morgan fingerprint density at radius 2 is 1.87 bits per heavy atom. The van der Waals surface area contributed by atoms with Gasteiger partial charge in [0, 0.05) is 12.1 Å². The van der Waals surface area contributed by atoms with E-state index in [-0.39, 0.29) is 5.54 Å². The zero-order valence-corrected chi connectivity index (χ0v) is 11.3. The van der Waals surface area contributed by atoms with Crippen LogP contribution in [0.15, 0.2) is 0 Å². The van der Waals surface area contributed by atoms with Gasteiger partial charge in [0.15, 0.2) is 0 Å². The van der Waals surface area contributed by atoms with E-state index in [1.54, 1.807) is 0 Å². The van der Waals surface area contributed by atoms with E-state index in [0.29, 0.717) is 0 Å². The Morgan fingerprint density at radius 3 is 2.20 bits per heavy atom. The second kappa shape index (κ2) is 7.24. The molecule has 0 radical (unpaired) electrons. The fourth-order valence-corrected chi connectivity index (χ4v) is 2.32. The number of rotatable bonds is 8. The number of hydrogen-bond acceptors (Lipinski definition) is 2. The third kappa shape index (κ3) is 4.12. The lowest BCUT2D eigenvalue weighted by molar-refractivity contribution is 0.0927. The molecule has 2 heteroatoms. The van der Waals surface area contributed by atoms with Gasteiger partial charge in [-0.15, -0.1) is 0 Å². The van der Waals surface area contributed by atoms with Crippen LogP contribution in [-0.4, -0.2) is 30.6 Å². The van der Waals surface area contributed by atoms with Crippen LogP contribution in [0.1, 0.15) is 53.4 Å². The van der Waals surface area contributed by atoms with Gasteiger partial charge in [0.2, 0.25) is 0 Å². The molecule has 0 aromatic heterocycles. The van der Waals surface area contributed by atoms with Crippen molar-refractivity contribution in [2.45, 2.75) is 58.9 Å². The molecule has 0 aromatic carbocycles. The molecule has 0 heterocycles. The lowest BCUT2D eigenvalue weighted by Gasteiger charge is -2.42. The summed E-state index contributed by atoms with van der Waals surface area (Å²) in [6.07, 6.45) is 4.85. The lowest BCUT2D eigenvalue weighted by Crippen LogP contribution is -2.52. The maximum absolute atomic E-state index is 6.01. The van der Waals surface area contributed by atoms with Gasteiger partial charge in [0.1, 0.15) is 0 Å². The van der Waals surface area contributed by atoms with Gasteiger partial charge in [-0.05, 0) is 38.8 Å². The highest BCUT2D eigenvalue weighted by molar-refractivity contribution is 4.90. The molecule has 15 heavy (non-hydrogen) atoms. The number of hydrogen-bond donors (Lipinski definition) is 1. The topological polar surface area (TPSA) is 29.3 Å². The van der Waals surface area contributed by atoms with Gasteiger partial charge in [0.25, 0.3) is 0 Å². The highest BCUT2D eigenvalue weighted by Gasteiger charge is 2.31. The molecule has 0 spiro atoms. The number of likely N-dealkylation sites (N-methyl/N-ethyl adjacent to an activating group) is 1. The van der Waals surface area contributed by atoms with Crippen LogP contribution in [0, 0.1) is 5.92 Å². The first-order valence-corrected chi connectivity index (χ1v) is 6.47. The average molecular weight is 214 g/mol. The van der Waals surface area contributed by atoms with E-state index in [9.17, 15) is 0 Å². The van der Waals surface area contributed by atoms with E-state index in [4.69, 9.17) is 5.73 Å². The van der Waals surface area contributed by atoms with Crippen molar-refractivity contribution in [1.29, 1.82) is 0 Å². The van der Waals surface area contributed by atoms with E-state index >= 15 is 0 Å². The Hall–Kier alpha value is -0.0800. The fraction of sp³-hybridized carbons (Fsp3) is 1.00. The maximum atomic E-state index is 6.01. The Morgan fingerprint density at radius 1 is 1.27 bits per heavy atom. The summed E-state index contributed by atoms with van der Waals surface area (Å²) in [4.78, 5) is 2.47. The molecule has 0 aliphatic carbocycles. The smallest absolute Gasteiger partial charge is 0.0328 e. The summed E-state index contributed by atoms with van der Waals surface area (Å²) in [5.41, 5.74) is 6.24. The Labute approximate surface area is 96.2 Å². The lowest BCUT2D eigenvalue weighted by atomic mass is 9.83. The third-order valence-electron chi connectivity index (χ3n) is 3.83. The van der Waals surface area contributed by atoms with Crippen LogP contribution < -0.4 is 5.73 Å². The van der Waals surface area contributed by atoms with Crippen molar-refractivity contribution in [3.05, 3.63) is 0 Å². The van der Waals surface area contributed by atoms with Crippen molar-refractivity contribution in [2.24, 2.45) is 11.7 Å². The minimum absolute atomic E-state index is 0.228. The highest BCUT2D eigenvalue weighted by Crippen LogP contribution is 2.27. The molecular formula is C13H30N2. The average Bonchev–Trinajstić information content (AvgIpc) is 2.26. The Balaban J connectivity index is 4.55. The van der Waals surface area contributed by atoms with Gasteiger partial charge in [-0.25, -0.2) is 0 Å². The Kier molecular flexibility index (Phi) is 7.20. The van der Waals surface area contributed by atoms with Gasteiger partial charge in [0.05, 0.1) is 0 Å².